The molecule has 0 unspecified atom stereocenters. The minimum absolute atomic E-state index is 0.0351. The van der Waals surface area contributed by atoms with Crippen LogP contribution in [-0.2, 0) is 0 Å². The van der Waals surface area contributed by atoms with Gasteiger partial charge in [0.05, 0.1) is 0 Å². The Morgan fingerprint density at radius 1 is 1.32 bits per heavy atom. The van der Waals surface area contributed by atoms with Gasteiger partial charge >= 0.3 is 0 Å². The molecule has 1 amide bonds. The van der Waals surface area contributed by atoms with Gasteiger partial charge in [-0.15, -0.1) is 0 Å². The zero-order valence-corrected chi connectivity index (χ0v) is 14.9. The number of pyridine rings is 1. The first kappa shape index (κ1) is 17.4. The summed E-state index contributed by atoms with van der Waals surface area (Å²) in [5.74, 6) is 1.26. The van der Waals surface area contributed by atoms with Gasteiger partial charge in [-0.1, -0.05) is 44.2 Å². The molecular formula is C20H26N4O. The van der Waals surface area contributed by atoms with Crippen LogP contribution in [0.15, 0.2) is 48.7 Å². The minimum Gasteiger partial charge on any atom is -0.353 e. The Hall–Kier alpha value is -2.40. The fourth-order valence-corrected chi connectivity index (χ4v) is 3.00. The van der Waals surface area contributed by atoms with Crippen molar-refractivity contribution in [2.45, 2.75) is 19.9 Å². The molecule has 0 aliphatic carbocycles. The quantitative estimate of drug-likeness (QED) is 0.880. The van der Waals surface area contributed by atoms with Crippen LogP contribution < -0.4 is 15.5 Å². The Labute approximate surface area is 149 Å². The number of nitrogens with zero attached hydrogens (tertiary/aromatic N) is 2. The van der Waals surface area contributed by atoms with E-state index in [2.05, 4.69) is 58.6 Å². The summed E-state index contributed by atoms with van der Waals surface area (Å²) >= 11 is 0. The van der Waals surface area contributed by atoms with Crippen molar-refractivity contribution in [3.8, 4) is 0 Å². The molecule has 25 heavy (non-hydrogen) atoms. The first-order chi connectivity index (χ1) is 12.1. The summed E-state index contributed by atoms with van der Waals surface area (Å²) in [4.78, 5) is 19.0. The van der Waals surface area contributed by atoms with Crippen LogP contribution in [0.2, 0.25) is 0 Å². The van der Waals surface area contributed by atoms with E-state index >= 15 is 0 Å². The van der Waals surface area contributed by atoms with Crippen molar-refractivity contribution in [1.29, 1.82) is 0 Å². The third-order valence-corrected chi connectivity index (χ3v) is 4.38. The summed E-state index contributed by atoms with van der Waals surface area (Å²) in [5, 5.41) is 6.52. The molecule has 1 aliphatic rings. The maximum absolute atomic E-state index is 12.3. The Kier molecular flexibility index (Phi) is 5.66. The number of anilines is 1. The van der Waals surface area contributed by atoms with Gasteiger partial charge in [0.15, 0.2) is 0 Å². The maximum Gasteiger partial charge on any atom is 0.251 e. The molecule has 1 aromatic carbocycles. The van der Waals surface area contributed by atoms with Gasteiger partial charge in [0.2, 0.25) is 0 Å². The van der Waals surface area contributed by atoms with E-state index in [-0.39, 0.29) is 11.9 Å². The Morgan fingerprint density at radius 2 is 2.12 bits per heavy atom. The summed E-state index contributed by atoms with van der Waals surface area (Å²) in [6.07, 6.45) is 1.72. The van der Waals surface area contributed by atoms with E-state index in [1.807, 2.05) is 12.1 Å². The van der Waals surface area contributed by atoms with E-state index in [1.54, 1.807) is 12.3 Å². The van der Waals surface area contributed by atoms with E-state index in [0.717, 1.165) is 25.5 Å². The second kappa shape index (κ2) is 8.12. The summed E-state index contributed by atoms with van der Waals surface area (Å²) in [5.41, 5.74) is 1.94. The summed E-state index contributed by atoms with van der Waals surface area (Å²) in [6.45, 7) is 7.47. The molecular weight excluding hydrogens is 312 g/mol. The molecule has 2 N–H and O–H groups in total. The number of nitrogens with one attached hydrogen (secondary N) is 2. The molecule has 1 aliphatic heterocycles. The van der Waals surface area contributed by atoms with Crippen LogP contribution in [0, 0.1) is 5.92 Å². The zero-order valence-electron chi connectivity index (χ0n) is 14.9. The van der Waals surface area contributed by atoms with Crippen molar-refractivity contribution in [3.63, 3.8) is 0 Å². The number of benzene rings is 1. The van der Waals surface area contributed by atoms with E-state index in [0.29, 0.717) is 18.0 Å². The van der Waals surface area contributed by atoms with Crippen LogP contribution >= 0.6 is 0 Å². The van der Waals surface area contributed by atoms with Crippen LogP contribution in [0.4, 0.5) is 5.82 Å². The van der Waals surface area contributed by atoms with Crippen molar-refractivity contribution >= 4 is 11.7 Å². The molecule has 1 aromatic heterocycles. The van der Waals surface area contributed by atoms with E-state index in [1.165, 1.54) is 5.56 Å². The Bertz CT molecular complexity index is 702. The second-order valence-corrected chi connectivity index (χ2v) is 6.87. The number of hydrogen-bond acceptors (Lipinski definition) is 4. The predicted molar refractivity (Wildman–Crippen MR) is 101 cm³/mol. The Morgan fingerprint density at radius 3 is 2.88 bits per heavy atom. The number of amides is 1. The predicted octanol–water partition coefficient (Wildman–Crippen LogP) is 2.62. The van der Waals surface area contributed by atoms with Gasteiger partial charge in [-0.3, -0.25) is 4.79 Å². The molecule has 5 heteroatoms. The highest BCUT2D eigenvalue weighted by atomic mass is 16.1. The fraction of sp³-hybridized carbons (Fsp3) is 0.400. The smallest absolute Gasteiger partial charge is 0.251 e. The molecule has 1 atom stereocenters. The average molecular weight is 338 g/mol. The number of piperazine rings is 1. The highest BCUT2D eigenvalue weighted by molar-refractivity contribution is 5.94. The van der Waals surface area contributed by atoms with Gasteiger partial charge in [-0.05, 0) is 23.6 Å². The largest absolute Gasteiger partial charge is 0.353 e. The van der Waals surface area contributed by atoms with Crippen LogP contribution in [0.5, 0.6) is 0 Å². The average Bonchev–Trinajstić information content (AvgIpc) is 2.67. The monoisotopic (exact) mass is 338 g/mol. The van der Waals surface area contributed by atoms with Crippen molar-refractivity contribution in [3.05, 3.63) is 59.8 Å². The maximum atomic E-state index is 12.3. The van der Waals surface area contributed by atoms with Crippen LogP contribution in [-0.4, -0.2) is 37.1 Å². The van der Waals surface area contributed by atoms with Crippen molar-refractivity contribution in [1.82, 2.24) is 15.6 Å². The number of carbonyl (C=O) groups excluding carboxylic acids is 1. The molecule has 1 fully saturated rings. The molecule has 0 bridgehead atoms. The topological polar surface area (TPSA) is 57.3 Å². The van der Waals surface area contributed by atoms with E-state index < -0.39 is 0 Å². The van der Waals surface area contributed by atoms with E-state index in [9.17, 15) is 4.79 Å². The molecule has 0 radical (unpaired) electrons. The number of carbonyl (C=O) groups is 1. The SMILES string of the molecule is CC(C)CNC(=O)c1ccnc(N2CCN[C@@H](c3ccccc3)C2)c1. The molecule has 5 nitrogen and oxygen atoms in total. The zero-order chi connectivity index (χ0) is 17.6. The van der Waals surface area contributed by atoms with Gasteiger partial charge in [-0.2, -0.15) is 0 Å². The van der Waals surface area contributed by atoms with E-state index in [4.69, 9.17) is 0 Å². The van der Waals surface area contributed by atoms with Crippen LogP contribution in [0.1, 0.15) is 35.8 Å². The lowest BCUT2D eigenvalue weighted by atomic mass is 10.0. The standard InChI is InChI=1S/C20H26N4O/c1-15(2)13-23-20(25)17-8-9-22-19(12-17)24-11-10-21-18(14-24)16-6-4-3-5-7-16/h3-9,12,15,18,21H,10-11,13-14H2,1-2H3,(H,23,25)/t18-/m1/s1. The summed E-state index contributed by atoms with van der Waals surface area (Å²) in [6, 6.07) is 14.4. The number of aromatic nitrogens is 1. The third kappa shape index (κ3) is 4.57. The number of rotatable bonds is 5. The van der Waals surface area contributed by atoms with Gasteiger partial charge in [0.1, 0.15) is 5.82 Å². The van der Waals surface area contributed by atoms with Gasteiger partial charge in [0, 0.05) is 44.0 Å². The molecule has 2 heterocycles. The summed E-state index contributed by atoms with van der Waals surface area (Å²) < 4.78 is 0. The first-order valence-corrected chi connectivity index (χ1v) is 8.91. The fourth-order valence-electron chi connectivity index (χ4n) is 3.00. The lowest BCUT2D eigenvalue weighted by Gasteiger charge is -2.34. The highest BCUT2D eigenvalue weighted by Gasteiger charge is 2.22. The lowest BCUT2D eigenvalue weighted by Crippen LogP contribution is -2.46. The normalized spacial score (nSPS) is 17.6. The number of hydrogen-bond donors (Lipinski definition) is 2. The molecule has 1 saturated heterocycles. The molecule has 0 spiro atoms. The van der Waals surface area contributed by atoms with Crippen LogP contribution in [0.25, 0.3) is 0 Å². The second-order valence-electron chi connectivity index (χ2n) is 6.87. The van der Waals surface area contributed by atoms with Gasteiger partial charge in [-0.25, -0.2) is 4.98 Å². The van der Waals surface area contributed by atoms with Crippen molar-refractivity contribution in [2.75, 3.05) is 31.1 Å². The van der Waals surface area contributed by atoms with Crippen molar-refractivity contribution in [2.24, 2.45) is 5.92 Å². The Balaban J connectivity index is 1.71. The highest BCUT2D eigenvalue weighted by Crippen LogP contribution is 2.21. The van der Waals surface area contributed by atoms with Crippen molar-refractivity contribution < 1.29 is 4.79 Å². The van der Waals surface area contributed by atoms with Crippen LogP contribution in [0.3, 0.4) is 0 Å². The summed E-state index contributed by atoms with van der Waals surface area (Å²) in [7, 11) is 0. The molecule has 0 saturated carbocycles. The van der Waals surface area contributed by atoms with Gasteiger partial charge in [0.25, 0.3) is 5.91 Å². The molecule has 132 valence electrons. The lowest BCUT2D eigenvalue weighted by molar-refractivity contribution is 0.0949. The first-order valence-electron chi connectivity index (χ1n) is 8.91. The van der Waals surface area contributed by atoms with Gasteiger partial charge < -0.3 is 15.5 Å². The molecule has 2 aromatic rings. The minimum atomic E-state index is -0.0351. The third-order valence-electron chi connectivity index (χ3n) is 4.38. The molecule has 3 rings (SSSR count).